The maximum atomic E-state index is 11.4. The number of allylic oxidation sites excluding steroid dienone is 1. The van der Waals surface area contributed by atoms with Crippen LogP contribution in [0.25, 0.3) is 27.3 Å². The summed E-state index contributed by atoms with van der Waals surface area (Å²) in [5.74, 6) is 0.840. The molecule has 0 aliphatic carbocycles. The molecule has 198 valence electrons. The van der Waals surface area contributed by atoms with Crippen LogP contribution in [-0.2, 0) is 4.74 Å². The zero-order valence-corrected chi connectivity index (χ0v) is 25.3. The van der Waals surface area contributed by atoms with Crippen molar-refractivity contribution < 1.29 is 9.53 Å². The highest BCUT2D eigenvalue weighted by Crippen LogP contribution is 2.36. The van der Waals surface area contributed by atoms with E-state index in [1.165, 1.54) is 51.4 Å². The predicted octanol–water partition coefficient (Wildman–Crippen LogP) is 7.13. The minimum atomic E-state index is -0.0739. The molecule has 14 heteroatoms. The van der Waals surface area contributed by atoms with E-state index in [0.717, 1.165) is 42.1 Å². The summed E-state index contributed by atoms with van der Waals surface area (Å²) in [5.41, 5.74) is 2.18. The fraction of sp³-hybridized carbons (Fsp3) is 0.160. The molecule has 0 fully saturated rings. The molecule has 0 saturated heterocycles. The summed E-state index contributed by atoms with van der Waals surface area (Å²) in [6.07, 6.45) is 10.0. The van der Waals surface area contributed by atoms with E-state index < -0.39 is 0 Å². The Bertz CT molecular complexity index is 1500. The number of ether oxygens (including phenoxy) is 1. The van der Waals surface area contributed by atoms with Crippen LogP contribution >= 0.6 is 68.9 Å². The molecule has 0 radical (unpaired) electrons. The molecule has 8 nitrogen and oxygen atoms in total. The van der Waals surface area contributed by atoms with Crippen LogP contribution < -0.4 is 0 Å². The van der Waals surface area contributed by atoms with Gasteiger partial charge in [-0.3, -0.25) is 4.79 Å². The first kappa shape index (κ1) is 29.2. The van der Waals surface area contributed by atoms with E-state index in [4.69, 9.17) is 9.72 Å². The lowest BCUT2D eigenvalue weighted by Gasteiger charge is -2.09. The van der Waals surface area contributed by atoms with Gasteiger partial charge in [-0.1, -0.05) is 11.8 Å². The molecule has 0 bridgehead atoms. The van der Waals surface area contributed by atoms with E-state index in [2.05, 4.69) is 26.0 Å². The lowest BCUT2D eigenvalue weighted by atomic mass is 10.1. The molecule has 0 unspecified atom stereocenters. The number of ketones is 1. The Labute approximate surface area is 249 Å². The van der Waals surface area contributed by atoms with Gasteiger partial charge in [0, 0.05) is 69.8 Å². The minimum absolute atomic E-state index is 0.0739. The van der Waals surface area contributed by atoms with Gasteiger partial charge in [0.05, 0.1) is 12.2 Å². The van der Waals surface area contributed by atoms with Gasteiger partial charge in [-0.25, -0.2) is 24.9 Å². The summed E-state index contributed by atoms with van der Waals surface area (Å²) in [6, 6.07) is 4.22. The Morgan fingerprint density at radius 2 is 1.72 bits per heavy atom. The van der Waals surface area contributed by atoms with Gasteiger partial charge in [-0.15, -0.1) is 57.1 Å². The Morgan fingerprint density at radius 3 is 2.36 bits per heavy atom. The van der Waals surface area contributed by atoms with E-state index in [-0.39, 0.29) is 5.78 Å². The summed E-state index contributed by atoms with van der Waals surface area (Å²) in [6.45, 7) is 0.716. The third-order valence-electron chi connectivity index (χ3n) is 4.59. The van der Waals surface area contributed by atoms with Crippen LogP contribution in [0.5, 0.6) is 0 Å². The number of nitriles is 1. The summed E-state index contributed by atoms with van der Waals surface area (Å²) in [5, 5.41) is 21.7. The molecule has 0 N–H and O–H groups in total. The van der Waals surface area contributed by atoms with Crippen molar-refractivity contribution in [2.75, 3.05) is 24.6 Å². The highest BCUT2D eigenvalue weighted by atomic mass is 32.2. The van der Waals surface area contributed by atoms with Gasteiger partial charge < -0.3 is 4.74 Å². The van der Waals surface area contributed by atoms with Gasteiger partial charge in [-0.2, -0.15) is 5.26 Å². The Kier molecular flexibility index (Phi) is 11.8. The largest absolute Gasteiger partial charge is 0.384 e. The molecule has 39 heavy (non-hydrogen) atoms. The molecule has 0 amide bonds. The zero-order valence-electron chi connectivity index (χ0n) is 20.4. The first-order valence-electron chi connectivity index (χ1n) is 11.1. The number of hydrogen-bond donors (Lipinski definition) is 0. The number of carbonyl (C=O) groups is 1. The number of methoxy groups -OCH3 is 1. The average molecular weight is 629 g/mol. The van der Waals surface area contributed by atoms with E-state index in [1.54, 1.807) is 66.9 Å². The van der Waals surface area contributed by atoms with E-state index in [0.29, 0.717) is 17.2 Å². The number of pyridine rings is 1. The normalized spacial score (nSPS) is 10.8. The van der Waals surface area contributed by atoms with Gasteiger partial charge in [0.1, 0.15) is 31.8 Å². The third kappa shape index (κ3) is 8.61. The predicted molar refractivity (Wildman–Crippen MR) is 164 cm³/mol. The van der Waals surface area contributed by atoms with E-state index >= 15 is 0 Å². The molecule has 0 atom stereocenters. The van der Waals surface area contributed by atoms with Crippen LogP contribution in [0.1, 0.15) is 20.4 Å². The molecular formula is C25H20N6O2S6. The Balaban J connectivity index is 0.000000212. The smallest absolute Gasteiger partial charge is 0.214 e. The van der Waals surface area contributed by atoms with Crippen LogP contribution in [0.3, 0.4) is 0 Å². The Hall–Kier alpha value is -2.77. The molecule has 5 heterocycles. The van der Waals surface area contributed by atoms with Gasteiger partial charge in [0.25, 0.3) is 0 Å². The van der Waals surface area contributed by atoms with Crippen molar-refractivity contribution in [3.8, 4) is 27.3 Å². The molecule has 0 saturated carbocycles. The van der Waals surface area contributed by atoms with Crippen molar-refractivity contribution in [1.82, 2.24) is 24.9 Å². The first-order valence-corrected chi connectivity index (χ1v) is 16.8. The van der Waals surface area contributed by atoms with Crippen molar-refractivity contribution in [2.24, 2.45) is 0 Å². The SMILES string of the molecule is COCCSCSc1nc(-c2nccs2)cc(-c2nccs2)c1C#N.O=C(/C=C/c1nccs1)c1nccs1. The molecule has 0 aliphatic heterocycles. The van der Waals surface area contributed by atoms with Gasteiger partial charge >= 0.3 is 0 Å². The van der Waals surface area contributed by atoms with E-state index in [9.17, 15) is 10.1 Å². The molecule has 0 aromatic carbocycles. The summed E-state index contributed by atoms with van der Waals surface area (Å²) in [4.78, 5) is 32.8. The van der Waals surface area contributed by atoms with Gasteiger partial charge in [-0.05, 0) is 18.2 Å². The molecule has 5 rings (SSSR count). The van der Waals surface area contributed by atoms with Crippen molar-refractivity contribution in [3.05, 3.63) is 74.0 Å². The maximum absolute atomic E-state index is 11.4. The number of thiazole rings is 4. The number of rotatable bonds is 11. The second-order valence-corrected chi connectivity index (χ2v) is 13.1. The monoisotopic (exact) mass is 628 g/mol. The number of nitrogens with zero attached hydrogens (tertiary/aromatic N) is 6. The molecule has 5 aromatic heterocycles. The van der Waals surface area contributed by atoms with Gasteiger partial charge in [0.2, 0.25) is 5.78 Å². The van der Waals surface area contributed by atoms with Crippen molar-refractivity contribution >= 4 is 80.7 Å². The zero-order chi connectivity index (χ0) is 27.3. The van der Waals surface area contributed by atoms with Crippen LogP contribution in [0.15, 0.2) is 63.5 Å². The quantitative estimate of drug-likeness (QED) is 0.0492. The fourth-order valence-electron chi connectivity index (χ4n) is 2.90. The van der Waals surface area contributed by atoms with Crippen LogP contribution in [0.4, 0.5) is 0 Å². The van der Waals surface area contributed by atoms with Gasteiger partial charge in [0.15, 0.2) is 5.01 Å². The van der Waals surface area contributed by atoms with Crippen LogP contribution in [0.2, 0.25) is 0 Å². The maximum Gasteiger partial charge on any atom is 0.214 e. The minimum Gasteiger partial charge on any atom is -0.384 e. The topological polar surface area (TPSA) is 115 Å². The molecular weight excluding hydrogens is 609 g/mol. The number of aromatic nitrogens is 5. The van der Waals surface area contributed by atoms with E-state index in [1.807, 2.05) is 22.2 Å². The lowest BCUT2D eigenvalue weighted by Crippen LogP contribution is -1.96. The summed E-state index contributed by atoms with van der Waals surface area (Å²) >= 11 is 9.22. The highest BCUT2D eigenvalue weighted by Gasteiger charge is 2.18. The number of hydrogen-bond acceptors (Lipinski definition) is 14. The molecule has 5 aromatic rings. The van der Waals surface area contributed by atoms with Crippen molar-refractivity contribution in [2.45, 2.75) is 5.03 Å². The summed E-state index contributed by atoms with van der Waals surface area (Å²) in [7, 11) is 1.70. The Morgan fingerprint density at radius 1 is 1.00 bits per heavy atom. The fourth-order valence-corrected chi connectivity index (χ4v) is 7.24. The van der Waals surface area contributed by atoms with Crippen molar-refractivity contribution in [1.29, 1.82) is 5.26 Å². The van der Waals surface area contributed by atoms with Crippen molar-refractivity contribution in [3.63, 3.8) is 0 Å². The summed E-state index contributed by atoms with van der Waals surface area (Å²) < 4.78 is 5.06. The highest BCUT2D eigenvalue weighted by molar-refractivity contribution is 8.16. The van der Waals surface area contributed by atoms with Crippen LogP contribution in [-0.4, -0.2) is 55.3 Å². The second-order valence-electron chi connectivity index (χ2n) is 7.09. The number of thioether (sulfide) groups is 2. The average Bonchev–Trinajstić information content (AvgIpc) is 3.80. The standard InChI is InChI=1S/C16H14N4OS4.C9H6N2OS2/c1-21-4-7-22-10-25-15-12(9-17)11(14-18-2-5-23-14)8-13(20-15)16-19-3-6-24-16;12-7(9-11-4-6-14-9)1-2-8-10-3-5-13-8/h2-3,5-6,8H,4,7,10H2,1H3;1-6H/b;2-1+. The lowest BCUT2D eigenvalue weighted by molar-refractivity contribution is 0.104. The first-order chi connectivity index (χ1) is 19.2. The molecule has 0 spiro atoms. The van der Waals surface area contributed by atoms with Crippen LogP contribution in [0, 0.1) is 11.3 Å². The number of carbonyl (C=O) groups excluding carboxylic acids is 1. The second kappa shape index (κ2) is 15.7. The molecule has 0 aliphatic rings. The third-order valence-corrected chi connectivity index (χ3v) is 9.89.